The number of ether oxygens (including phenoxy) is 2. The van der Waals surface area contributed by atoms with Crippen molar-refractivity contribution in [1.82, 2.24) is 10.2 Å². The average molecular weight is 329 g/mol. The van der Waals surface area contributed by atoms with Crippen molar-refractivity contribution in [1.29, 1.82) is 0 Å². The van der Waals surface area contributed by atoms with Crippen LogP contribution in [0.3, 0.4) is 0 Å². The summed E-state index contributed by atoms with van der Waals surface area (Å²) < 4.78 is 24.0. The fourth-order valence-electron chi connectivity index (χ4n) is 2.25. The van der Waals surface area contributed by atoms with Crippen molar-refractivity contribution in [2.45, 2.75) is 6.61 Å². The van der Waals surface area contributed by atoms with E-state index in [9.17, 15) is 9.18 Å². The maximum Gasteiger partial charge on any atom is 0.251 e. The molecule has 0 saturated carbocycles. The number of benzene rings is 2. The Morgan fingerprint density at radius 1 is 1.29 bits per heavy atom. The van der Waals surface area contributed by atoms with Gasteiger partial charge in [-0.15, -0.1) is 0 Å². The van der Waals surface area contributed by atoms with Crippen LogP contribution >= 0.6 is 0 Å². The average Bonchev–Trinajstić information content (AvgIpc) is 2.97. The molecule has 2 N–H and O–H groups in total. The minimum atomic E-state index is -0.311. The number of nitrogens with zero attached hydrogens (tertiary/aromatic N) is 1. The molecule has 1 amide bonds. The summed E-state index contributed by atoms with van der Waals surface area (Å²) in [5.74, 6) is 0.329. The number of nitrogens with one attached hydrogen (secondary N) is 2. The summed E-state index contributed by atoms with van der Waals surface area (Å²) in [5.41, 5.74) is 1.22. The predicted molar refractivity (Wildman–Crippen MR) is 87.3 cm³/mol. The molecule has 124 valence electrons. The van der Waals surface area contributed by atoms with Gasteiger partial charge in [0, 0.05) is 18.1 Å². The zero-order valence-corrected chi connectivity index (χ0v) is 13.0. The van der Waals surface area contributed by atoms with Gasteiger partial charge >= 0.3 is 0 Å². The third kappa shape index (κ3) is 3.52. The van der Waals surface area contributed by atoms with Crippen LogP contribution in [0.5, 0.6) is 5.75 Å². The Bertz CT molecular complexity index is 863. The van der Waals surface area contributed by atoms with E-state index in [4.69, 9.17) is 9.47 Å². The quantitative estimate of drug-likeness (QED) is 0.729. The molecule has 0 aliphatic rings. The molecular formula is C17H16FN3O3. The molecule has 0 atom stereocenters. The van der Waals surface area contributed by atoms with Crippen LogP contribution in [-0.2, 0) is 16.1 Å². The van der Waals surface area contributed by atoms with E-state index in [1.165, 1.54) is 13.2 Å². The van der Waals surface area contributed by atoms with E-state index in [-0.39, 0.29) is 24.9 Å². The number of hydrogen-bond acceptors (Lipinski definition) is 4. The largest absolute Gasteiger partial charge is 0.489 e. The first-order valence-electron chi connectivity index (χ1n) is 7.30. The van der Waals surface area contributed by atoms with Gasteiger partial charge in [0.05, 0.1) is 5.52 Å². The van der Waals surface area contributed by atoms with Crippen molar-refractivity contribution >= 4 is 22.6 Å². The first-order valence-corrected chi connectivity index (χ1v) is 7.30. The number of fused-ring (bicyclic) bond motifs is 1. The SMILES string of the molecule is COCC(=O)Nc1n[nH]c2ccc(OCc3ccccc3F)cc12. The van der Waals surface area contributed by atoms with Crippen LogP contribution in [0.25, 0.3) is 10.9 Å². The van der Waals surface area contributed by atoms with E-state index in [2.05, 4.69) is 15.5 Å². The topological polar surface area (TPSA) is 76.2 Å². The highest BCUT2D eigenvalue weighted by Crippen LogP contribution is 2.26. The highest BCUT2D eigenvalue weighted by atomic mass is 19.1. The Hall–Kier alpha value is -2.93. The Morgan fingerprint density at radius 2 is 2.12 bits per heavy atom. The highest BCUT2D eigenvalue weighted by Gasteiger charge is 2.10. The minimum Gasteiger partial charge on any atom is -0.489 e. The Morgan fingerprint density at radius 3 is 2.92 bits per heavy atom. The summed E-state index contributed by atoms with van der Waals surface area (Å²) in [5, 5.41) is 10.2. The molecule has 24 heavy (non-hydrogen) atoms. The van der Waals surface area contributed by atoms with Gasteiger partial charge in [0.15, 0.2) is 5.82 Å². The Kier molecular flexibility index (Phi) is 4.72. The van der Waals surface area contributed by atoms with E-state index >= 15 is 0 Å². The van der Waals surface area contributed by atoms with Gasteiger partial charge in [0.1, 0.15) is 24.8 Å². The number of methoxy groups -OCH3 is 1. The first-order chi connectivity index (χ1) is 11.7. The van der Waals surface area contributed by atoms with E-state index in [0.717, 1.165) is 5.52 Å². The fourth-order valence-corrected chi connectivity index (χ4v) is 2.25. The Labute approximate surface area is 137 Å². The van der Waals surface area contributed by atoms with Crippen molar-refractivity contribution < 1.29 is 18.7 Å². The molecule has 7 heteroatoms. The van der Waals surface area contributed by atoms with Crippen molar-refractivity contribution in [2.24, 2.45) is 0 Å². The molecular weight excluding hydrogens is 313 g/mol. The van der Waals surface area contributed by atoms with Gasteiger partial charge in [-0.3, -0.25) is 9.89 Å². The van der Waals surface area contributed by atoms with Crippen LogP contribution < -0.4 is 10.1 Å². The third-order valence-electron chi connectivity index (χ3n) is 3.42. The number of carbonyl (C=O) groups excluding carboxylic acids is 1. The summed E-state index contributed by atoms with van der Waals surface area (Å²) in [6, 6.07) is 11.7. The number of anilines is 1. The van der Waals surface area contributed by atoms with Crippen LogP contribution in [0.15, 0.2) is 42.5 Å². The normalized spacial score (nSPS) is 10.8. The number of rotatable bonds is 6. The molecule has 0 unspecified atom stereocenters. The molecule has 0 spiro atoms. The van der Waals surface area contributed by atoms with Crippen LogP contribution in [0, 0.1) is 5.82 Å². The lowest BCUT2D eigenvalue weighted by atomic mass is 10.2. The summed E-state index contributed by atoms with van der Waals surface area (Å²) in [4.78, 5) is 11.6. The zero-order chi connectivity index (χ0) is 16.9. The monoisotopic (exact) mass is 329 g/mol. The van der Waals surface area contributed by atoms with Gasteiger partial charge in [-0.2, -0.15) is 5.10 Å². The molecule has 0 aliphatic carbocycles. The molecule has 0 fully saturated rings. The van der Waals surface area contributed by atoms with E-state index < -0.39 is 0 Å². The van der Waals surface area contributed by atoms with E-state index in [1.54, 1.807) is 36.4 Å². The molecule has 0 saturated heterocycles. The van der Waals surface area contributed by atoms with Gasteiger partial charge < -0.3 is 14.8 Å². The third-order valence-corrected chi connectivity index (χ3v) is 3.42. The number of carbonyl (C=O) groups is 1. The van der Waals surface area contributed by atoms with Crippen molar-refractivity contribution in [3.05, 3.63) is 53.8 Å². The molecule has 1 heterocycles. The molecule has 6 nitrogen and oxygen atoms in total. The van der Waals surface area contributed by atoms with Gasteiger partial charge in [-0.25, -0.2) is 4.39 Å². The maximum atomic E-state index is 13.6. The molecule has 2 aromatic carbocycles. The second kappa shape index (κ2) is 7.10. The number of amides is 1. The summed E-state index contributed by atoms with van der Waals surface area (Å²) in [7, 11) is 1.44. The lowest BCUT2D eigenvalue weighted by molar-refractivity contribution is -0.119. The smallest absolute Gasteiger partial charge is 0.251 e. The summed E-state index contributed by atoms with van der Waals surface area (Å²) >= 11 is 0. The second-order valence-corrected chi connectivity index (χ2v) is 5.14. The van der Waals surface area contributed by atoms with E-state index in [1.807, 2.05) is 0 Å². The summed E-state index contributed by atoms with van der Waals surface area (Å²) in [6.07, 6.45) is 0. The van der Waals surface area contributed by atoms with Gasteiger partial charge in [-0.05, 0) is 24.3 Å². The molecule has 0 aliphatic heterocycles. The fraction of sp³-hybridized carbons (Fsp3) is 0.176. The number of aromatic nitrogens is 2. The highest BCUT2D eigenvalue weighted by molar-refractivity contribution is 6.00. The van der Waals surface area contributed by atoms with Gasteiger partial charge in [0.25, 0.3) is 5.91 Å². The summed E-state index contributed by atoms with van der Waals surface area (Å²) in [6.45, 7) is 0.0548. The number of aromatic amines is 1. The number of hydrogen-bond donors (Lipinski definition) is 2. The van der Waals surface area contributed by atoms with Crippen molar-refractivity contribution in [3.63, 3.8) is 0 Å². The standard InChI is InChI=1S/C17H16FN3O3/c1-23-10-16(22)19-17-13-8-12(6-7-15(13)20-21-17)24-9-11-4-2-3-5-14(11)18/h2-8H,9-10H2,1H3,(H2,19,20,21,22). The molecule has 1 aromatic heterocycles. The minimum absolute atomic E-state index is 0.0577. The lowest BCUT2D eigenvalue weighted by Gasteiger charge is -2.07. The predicted octanol–water partition coefficient (Wildman–Crippen LogP) is 2.87. The van der Waals surface area contributed by atoms with Crippen LogP contribution in [0.1, 0.15) is 5.56 Å². The van der Waals surface area contributed by atoms with Crippen LogP contribution in [0.4, 0.5) is 10.2 Å². The van der Waals surface area contributed by atoms with E-state index in [0.29, 0.717) is 22.5 Å². The zero-order valence-electron chi connectivity index (χ0n) is 13.0. The number of H-pyrrole nitrogens is 1. The van der Waals surface area contributed by atoms with Gasteiger partial charge in [-0.1, -0.05) is 18.2 Å². The van der Waals surface area contributed by atoms with Crippen LogP contribution in [-0.4, -0.2) is 29.8 Å². The molecule has 0 bridgehead atoms. The molecule has 3 aromatic rings. The number of halogens is 1. The van der Waals surface area contributed by atoms with Crippen molar-refractivity contribution in [2.75, 3.05) is 19.0 Å². The Balaban J connectivity index is 1.77. The molecule has 0 radical (unpaired) electrons. The van der Waals surface area contributed by atoms with Crippen LogP contribution in [0.2, 0.25) is 0 Å². The second-order valence-electron chi connectivity index (χ2n) is 5.14. The molecule has 3 rings (SSSR count). The lowest BCUT2D eigenvalue weighted by Crippen LogP contribution is -2.17. The van der Waals surface area contributed by atoms with Gasteiger partial charge in [0.2, 0.25) is 0 Å². The maximum absolute atomic E-state index is 13.6. The van der Waals surface area contributed by atoms with Crippen molar-refractivity contribution in [3.8, 4) is 5.75 Å². The first kappa shape index (κ1) is 15.9.